The quantitative estimate of drug-likeness (QED) is 0.607. The van der Waals surface area contributed by atoms with Gasteiger partial charge in [0.2, 0.25) is 11.8 Å². The molecule has 0 saturated carbocycles. The number of amides is 2. The zero-order chi connectivity index (χ0) is 22.8. The molecule has 1 saturated heterocycles. The van der Waals surface area contributed by atoms with Crippen LogP contribution in [-0.2, 0) is 16.0 Å². The van der Waals surface area contributed by atoms with Crippen LogP contribution in [-0.4, -0.2) is 49.6 Å². The van der Waals surface area contributed by atoms with Crippen molar-refractivity contribution in [3.8, 4) is 11.5 Å². The highest BCUT2D eigenvalue weighted by atomic mass is 16.5. The second-order valence-corrected chi connectivity index (χ2v) is 7.90. The van der Waals surface area contributed by atoms with Crippen molar-refractivity contribution in [3.05, 3.63) is 65.7 Å². The van der Waals surface area contributed by atoms with Gasteiger partial charge in [0.1, 0.15) is 11.5 Å². The Morgan fingerprint density at radius 2 is 1.81 bits per heavy atom. The first-order valence-electron chi connectivity index (χ1n) is 11.2. The van der Waals surface area contributed by atoms with Crippen molar-refractivity contribution in [3.63, 3.8) is 0 Å². The number of hydrogen-bond acceptors (Lipinski definition) is 4. The van der Waals surface area contributed by atoms with E-state index in [0.29, 0.717) is 26.1 Å². The van der Waals surface area contributed by atoms with Crippen LogP contribution in [0.4, 0.5) is 0 Å². The molecule has 0 atom stereocenters. The number of carbonyl (C=O) groups is 2. The summed E-state index contributed by atoms with van der Waals surface area (Å²) >= 11 is 0. The second-order valence-electron chi connectivity index (χ2n) is 7.90. The number of carbonyl (C=O) groups excluding carboxylic acids is 2. The van der Waals surface area contributed by atoms with E-state index in [1.165, 1.54) is 0 Å². The molecule has 0 bridgehead atoms. The molecule has 1 aliphatic rings. The number of hydrogen-bond donors (Lipinski definition) is 1. The summed E-state index contributed by atoms with van der Waals surface area (Å²) in [6, 6.07) is 15.3. The molecule has 2 aromatic rings. The number of nitrogens with zero attached hydrogens (tertiary/aromatic N) is 1. The van der Waals surface area contributed by atoms with Gasteiger partial charge < -0.3 is 19.7 Å². The normalized spacial score (nSPS) is 14.4. The predicted octanol–water partition coefficient (Wildman–Crippen LogP) is 3.85. The van der Waals surface area contributed by atoms with Gasteiger partial charge in [0.15, 0.2) is 0 Å². The molecule has 32 heavy (non-hydrogen) atoms. The average Bonchev–Trinajstić information content (AvgIpc) is 2.83. The number of piperidine rings is 1. The lowest BCUT2D eigenvalue weighted by Crippen LogP contribution is -2.46. The Kier molecular flexibility index (Phi) is 8.72. The predicted molar refractivity (Wildman–Crippen MR) is 126 cm³/mol. The van der Waals surface area contributed by atoms with Crippen LogP contribution < -0.4 is 14.8 Å². The third kappa shape index (κ3) is 6.87. The van der Waals surface area contributed by atoms with Crippen molar-refractivity contribution in [2.75, 3.05) is 26.8 Å². The molecule has 0 spiro atoms. The minimum absolute atomic E-state index is 0.0762. The van der Waals surface area contributed by atoms with Crippen LogP contribution in [0.15, 0.2) is 54.6 Å². The molecule has 6 nitrogen and oxygen atoms in total. The van der Waals surface area contributed by atoms with Crippen molar-refractivity contribution >= 4 is 17.9 Å². The SMILES string of the molecule is CCCOc1ccc(/C=C/C(=O)NC2CCN(C(=O)Cc3ccccc3OC)CC2)cc1. The molecule has 0 radical (unpaired) electrons. The molecule has 1 N–H and O–H groups in total. The number of nitrogens with one attached hydrogen (secondary N) is 1. The summed E-state index contributed by atoms with van der Waals surface area (Å²) in [5.41, 5.74) is 1.84. The highest BCUT2D eigenvalue weighted by Crippen LogP contribution is 2.20. The van der Waals surface area contributed by atoms with Crippen LogP contribution in [0.2, 0.25) is 0 Å². The molecule has 170 valence electrons. The summed E-state index contributed by atoms with van der Waals surface area (Å²) in [7, 11) is 1.61. The molecule has 1 heterocycles. The standard InChI is InChI=1S/C26H32N2O4/c1-3-18-32-23-11-8-20(9-12-23)10-13-25(29)27-22-14-16-28(17-15-22)26(30)19-21-6-4-5-7-24(21)31-2/h4-13,22H,3,14-19H2,1-2H3,(H,27,29)/b13-10+. The van der Waals surface area contributed by atoms with Crippen molar-refractivity contribution in [1.82, 2.24) is 10.2 Å². The Hall–Kier alpha value is -3.28. The lowest BCUT2D eigenvalue weighted by Gasteiger charge is -2.32. The zero-order valence-corrected chi connectivity index (χ0v) is 18.9. The number of methoxy groups -OCH3 is 1. The van der Waals surface area contributed by atoms with E-state index in [1.54, 1.807) is 19.3 Å². The van der Waals surface area contributed by atoms with E-state index in [1.807, 2.05) is 53.4 Å². The van der Waals surface area contributed by atoms with Gasteiger partial charge in [0.05, 0.1) is 20.1 Å². The summed E-state index contributed by atoms with van der Waals surface area (Å²) in [5, 5.41) is 3.05. The fraction of sp³-hybridized carbons (Fsp3) is 0.385. The van der Waals surface area contributed by atoms with E-state index in [-0.39, 0.29) is 17.9 Å². The smallest absolute Gasteiger partial charge is 0.244 e. The monoisotopic (exact) mass is 436 g/mol. The Morgan fingerprint density at radius 1 is 1.09 bits per heavy atom. The van der Waals surface area contributed by atoms with Crippen molar-refractivity contribution in [2.24, 2.45) is 0 Å². The van der Waals surface area contributed by atoms with Gasteiger partial charge >= 0.3 is 0 Å². The maximum absolute atomic E-state index is 12.7. The first-order chi connectivity index (χ1) is 15.6. The van der Waals surface area contributed by atoms with Crippen molar-refractivity contribution in [1.29, 1.82) is 0 Å². The number of rotatable bonds is 9. The van der Waals surface area contributed by atoms with E-state index >= 15 is 0 Å². The van der Waals surface area contributed by atoms with Crippen LogP contribution in [0, 0.1) is 0 Å². The molecule has 0 unspecified atom stereocenters. The van der Waals surface area contributed by atoms with Gasteiger partial charge in [-0.3, -0.25) is 9.59 Å². The van der Waals surface area contributed by atoms with E-state index in [2.05, 4.69) is 12.2 Å². The van der Waals surface area contributed by atoms with Crippen LogP contribution in [0.5, 0.6) is 11.5 Å². The highest BCUT2D eigenvalue weighted by Gasteiger charge is 2.24. The molecule has 6 heteroatoms. The minimum Gasteiger partial charge on any atom is -0.496 e. The fourth-order valence-corrected chi connectivity index (χ4v) is 3.71. The number of benzene rings is 2. The third-order valence-electron chi connectivity index (χ3n) is 5.51. The third-order valence-corrected chi connectivity index (χ3v) is 5.51. The van der Waals surface area contributed by atoms with Gasteiger partial charge in [-0.2, -0.15) is 0 Å². The maximum Gasteiger partial charge on any atom is 0.244 e. The van der Waals surface area contributed by atoms with Gasteiger partial charge in [-0.05, 0) is 49.1 Å². The number of ether oxygens (including phenoxy) is 2. The van der Waals surface area contributed by atoms with Gasteiger partial charge in [-0.25, -0.2) is 0 Å². The molecule has 2 aromatic carbocycles. The molecule has 1 fully saturated rings. The Morgan fingerprint density at radius 3 is 2.50 bits per heavy atom. The van der Waals surface area contributed by atoms with Gasteiger partial charge in [0, 0.05) is 30.8 Å². The molecule has 1 aliphatic heterocycles. The van der Waals surface area contributed by atoms with Crippen LogP contribution >= 0.6 is 0 Å². The minimum atomic E-state index is -0.116. The van der Waals surface area contributed by atoms with E-state index in [4.69, 9.17) is 9.47 Å². The first-order valence-corrected chi connectivity index (χ1v) is 11.2. The van der Waals surface area contributed by atoms with E-state index < -0.39 is 0 Å². The summed E-state index contributed by atoms with van der Waals surface area (Å²) in [6.45, 7) is 4.05. The van der Waals surface area contributed by atoms with E-state index in [0.717, 1.165) is 41.9 Å². The lowest BCUT2D eigenvalue weighted by molar-refractivity contribution is -0.131. The molecule has 0 aliphatic carbocycles. The summed E-state index contributed by atoms with van der Waals surface area (Å²) in [4.78, 5) is 26.8. The summed E-state index contributed by atoms with van der Waals surface area (Å²) in [5.74, 6) is 1.54. The average molecular weight is 437 g/mol. The number of para-hydroxylation sites is 1. The van der Waals surface area contributed by atoms with Crippen LogP contribution in [0.1, 0.15) is 37.3 Å². The van der Waals surface area contributed by atoms with Crippen LogP contribution in [0.25, 0.3) is 6.08 Å². The maximum atomic E-state index is 12.7. The summed E-state index contributed by atoms with van der Waals surface area (Å²) in [6.07, 6.45) is 6.15. The first kappa shape index (κ1) is 23.4. The fourth-order valence-electron chi connectivity index (χ4n) is 3.71. The topological polar surface area (TPSA) is 67.9 Å². The van der Waals surface area contributed by atoms with Gasteiger partial charge in [-0.15, -0.1) is 0 Å². The lowest BCUT2D eigenvalue weighted by atomic mass is 10.0. The van der Waals surface area contributed by atoms with Gasteiger partial charge in [0.25, 0.3) is 0 Å². The molecular weight excluding hydrogens is 404 g/mol. The Labute approximate surface area is 190 Å². The molecule has 3 rings (SSSR count). The summed E-state index contributed by atoms with van der Waals surface area (Å²) < 4.78 is 10.9. The molecular formula is C26H32N2O4. The van der Waals surface area contributed by atoms with Crippen molar-refractivity contribution < 1.29 is 19.1 Å². The van der Waals surface area contributed by atoms with Crippen LogP contribution in [0.3, 0.4) is 0 Å². The van der Waals surface area contributed by atoms with Gasteiger partial charge in [-0.1, -0.05) is 37.3 Å². The largest absolute Gasteiger partial charge is 0.496 e. The molecule has 2 amide bonds. The zero-order valence-electron chi connectivity index (χ0n) is 18.9. The van der Waals surface area contributed by atoms with Crippen molar-refractivity contribution in [2.45, 2.75) is 38.6 Å². The van der Waals surface area contributed by atoms with E-state index in [9.17, 15) is 9.59 Å². The number of likely N-dealkylation sites (tertiary alicyclic amines) is 1. The Bertz CT molecular complexity index is 916. The second kappa shape index (κ2) is 11.9. The molecule has 0 aromatic heterocycles. The highest BCUT2D eigenvalue weighted by molar-refractivity contribution is 5.92. The Balaban J connectivity index is 1.42.